The number of hydrogen-bond donors (Lipinski definition) is 3. The lowest BCUT2D eigenvalue weighted by molar-refractivity contribution is -0.139. The molecule has 0 aliphatic carbocycles. The summed E-state index contributed by atoms with van der Waals surface area (Å²) in [6.07, 6.45) is 1.16. The highest BCUT2D eigenvalue weighted by Gasteiger charge is 2.23. The van der Waals surface area contributed by atoms with Gasteiger partial charge in [-0.15, -0.1) is 0 Å². The van der Waals surface area contributed by atoms with Crippen molar-refractivity contribution >= 4 is 12.0 Å². The Kier molecular flexibility index (Phi) is 5.57. The van der Waals surface area contributed by atoms with Crippen LogP contribution in [0.4, 0.5) is 4.79 Å². The number of benzene rings is 1. The van der Waals surface area contributed by atoms with Crippen molar-refractivity contribution in [3.8, 4) is 0 Å². The molecule has 1 unspecified atom stereocenters. The third-order valence-corrected chi connectivity index (χ3v) is 3.51. The molecule has 6 nitrogen and oxygen atoms in total. The summed E-state index contributed by atoms with van der Waals surface area (Å²) in [7, 11) is 0. The highest BCUT2D eigenvalue weighted by atomic mass is 16.4. The molecule has 6 heteroatoms. The summed E-state index contributed by atoms with van der Waals surface area (Å²) in [6, 6.07) is 8.10. The number of carbonyl (C=O) groups excluding carboxylic acids is 1. The van der Waals surface area contributed by atoms with Crippen molar-refractivity contribution in [3.63, 3.8) is 0 Å². The summed E-state index contributed by atoms with van der Waals surface area (Å²) in [5.74, 6) is -1.01. The molecular formula is C15H21N3O3. The van der Waals surface area contributed by atoms with Crippen molar-refractivity contribution in [3.05, 3.63) is 35.9 Å². The van der Waals surface area contributed by atoms with Crippen molar-refractivity contribution in [1.29, 1.82) is 0 Å². The second kappa shape index (κ2) is 7.64. The van der Waals surface area contributed by atoms with Gasteiger partial charge in [-0.3, -0.25) is 0 Å². The van der Waals surface area contributed by atoms with E-state index in [-0.39, 0.29) is 12.5 Å². The molecule has 0 radical (unpaired) electrons. The van der Waals surface area contributed by atoms with Gasteiger partial charge in [-0.2, -0.15) is 0 Å². The maximum absolute atomic E-state index is 12.2. The molecule has 1 aliphatic rings. The first-order chi connectivity index (χ1) is 10.2. The van der Waals surface area contributed by atoms with Gasteiger partial charge in [0.15, 0.2) is 0 Å². The minimum atomic E-state index is -1.01. The second-order valence-electron chi connectivity index (χ2n) is 5.12. The number of rotatable bonds is 4. The molecule has 1 aromatic rings. The van der Waals surface area contributed by atoms with Crippen LogP contribution in [0.1, 0.15) is 12.0 Å². The Balaban J connectivity index is 1.95. The van der Waals surface area contributed by atoms with E-state index in [2.05, 4.69) is 10.6 Å². The fraction of sp³-hybridized carbons (Fsp3) is 0.467. The molecule has 1 saturated heterocycles. The van der Waals surface area contributed by atoms with Gasteiger partial charge >= 0.3 is 12.0 Å². The van der Waals surface area contributed by atoms with Gasteiger partial charge in [0.1, 0.15) is 6.04 Å². The number of carboxylic acid groups (broad SMARTS) is 1. The third-order valence-electron chi connectivity index (χ3n) is 3.51. The zero-order chi connectivity index (χ0) is 15.1. The average molecular weight is 291 g/mol. The highest BCUT2D eigenvalue weighted by molar-refractivity contribution is 5.82. The first kappa shape index (κ1) is 15.3. The summed E-state index contributed by atoms with van der Waals surface area (Å²) in [5, 5.41) is 15.1. The molecule has 0 aromatic heterocycles. The number of urea groups is 1. The second-order valence-corrected chi connectivity index (χ2v) is 5.12. The molecule has 1 aromatic carbocycles. The van der Waals surface area contributed by atoms with E-state index < -0.39 is 12.0 Å². The topological polar surface area (TPSA) is 81.7 Å². The van der Waals surface area contributed by atoms with Crippen molar-refractivity contribution in [2.24, 2.45) is 0 Å². The molecule has 114 valence electrons. The van der Waals surface area contributed by atoms with Crippen molar-refractivity contribution in [2.45, 2.75) is 18.9 Å². The third kappa shape index (κ3) is 4.75. The van der Waals surface area contributed by atoms with Crippen LogP contribution in [0.2, 0.25) is 0 Å². The molecular weight excluding hydrogens is 270 g/mol. The zero-order valence-electron chi connectivity index (χ0n) is 11.9. The fourth-order valence-corrected chi connectivity index (χ4v) is 2.34. The quantitative estimate of drug-likeness (QED) is 0.762. The zero-order valence-corrected chi connectivity index (χ0v) is 11.9. The van der Waals surface area contributed by atoms with Crippen molar-refractivity contribution in [1.82, 2.24) is 15.5 Å². The van der Waals surface area contributed by atoms with Crippen LogP contribution in [-0.2, 0) is 11.2 Å². The first-order valence-corrected chi connectivity index (χ1v) is 7.19. The normalized spacial score (nSPS) is 16.9. The summed E-state index contributed by atoms with van der Waals surface area (Å²) in [6.45, 7) is 2.88. The molecule has 2 amide bonds. The standard InChI is InChI=1S/C15H21N3O3/c19-14(20)13(11-12-5-2-1-3-6-12)17-15(21)18-9-4-7-16-8-10-18/h1-3,5-6,13,16H,4,7-11H2,(H,17,21)(H,19,20). The number of aliphatic carboxylic acids is 1. The molecule has 3 N–H and O–H groups in total. The SMILES string of the molecule is O=C(O)C(Cc1ccccc1)NC(=O)N1CCCNCC1. The number of nitrogens with one attached hydrogen (secondary N) is 2. The van der Waals surface area contributed by atoms with Crippen molar-refractivity contribution in [2.75, 3.05) is 26.2 Å². The first-order valence-electron chi connectivity index (χ1n) is 7.19. The van der Waals surface area contributed by atoms with Crippen molar-refractivity contribution < 1.29 is 14.7 Å². The number of hydrogen-bond acceptors (Lipinski definition) is 3. The van der Waals surface area contributed by atoms with E-state index in [0.29, 0.717) is 13.1 Å². The van der Waals surface area contributed by atoms with Gasteiger partial charge in [-0.1, -0.05) is 30.3 Å². The van der Waals surface area contributed by atoms with Gasteiger partial charge < -0.3 is 20.6 Å². The van der Waals surface area contributed by atoms with Gasteiger partial charge in [0.05, 0.1) is 0 Å². The van der Waals surface area contributed by atoms with Gasteiger partial charge in [-0.25, -0.2) is 9.59 Å². The molecule has 21 heavy (non-hydrogen) atoms. The van der Waals surface area contributed by atoms with Crippen LogP contribution >= 0.6 is 0 Å². The molecule has 1 aliphatic heterocycles. The summed E-state index contributed by atoms with van der Waals surface area (Å²) < 4.78 is 0. The largest absolute Gasteiger partial charge is 0.480 e. The van der Waals surface area contributed by atoms with E-state index in [4.69, 9.17) is 0 Å². The van der Waals surface area contributed by atoms with Crippen LogP contribution in [-0.4, -0.2) is 54.2 Å². The van der Waals surface area contributed by atoms with E-state index in [1.54, 1.807) is 4.90 Å². The van der Waals surface area contributed by atoms with Crippen LogP contribution in [0.15, 0.2) is 30.3 Å². The fourth-order valence-electron chi connectivity index (χ4n) is 2.34. The van der Waals surface area contributed by atoms with E-state index >= 15 is 0 Å². The molecule has 1 atom stereocenters. The van der Waals surface area contributed by atoms with Gasteiger partial charge in [0.2, 0.25) is 0 Å². The van der Waals surface area contributed by atoms with Crippen LogP contribution in [0.3, 0.4) is 0 Å². The summed E-state index contributed by atoms with van der Waals surface area (Å²) >= 11 is 0. The summed E-state index contributed by atoms with van der Waals surface area (Å²) in [4.78, 5) is 25.2. The molecule has 2 rings (SSSR count). The van der Waals surface area contributed by atoms with Gasteiger partial charge in [0, 0.05) is 26.1 Å². The monoisotopic (exact) mass is 291 g/mol. The predicted octanol–water partition coefficient (Wildman–Crippen LogP) is 0.687. The Bertz CT molecular complexity index is 470. The van der Waals surface area contributed by atoms with E-state index in [9.17, 15) is 14.7 Å². The maximum atomic E-state index is 12.2. The molecule has 1 heterocycles. The van der Waals surface area contributed by atoms with Crippen LogP contribution in [0.5, 0.6) is 0 Å². The molecule has 1 fully saturated rings. The van der Waals surface area contributed by atoms with Crippen LogP contribution in [0.25, 0.3) is 0 Å². The lowest BCUT2D eigenvalue weighted by Crippen LogP contribution is -2.49. The van der Waals surface area contributed by atoms with E-state index in [1.807, 2.05) is 30.3 Å². The average Bonchev–Trinajstić information content (AvgIpc) is 2.76. The molecule has 0 saturated carbocycles. The molecule has 0 spiro atoms. The lowest BCUT2D eigenvalue weighted by Gasteiger charge is -2.23. The van der Waals surface area contributed by atoms with E-state index in [1.165, 1.54) is 0 Å². The maximum Gasteiger partial charge on any atom is 0.326 e. The van der Waals surface area contributed by atoms with Gasteiger partial charge in [-0.05, 0) is 18.5 Å². The Labute approximate surface area is 124 Å². The Morgan fingerprint density at radius 2 is 2.00 bits per heavy atom. The number of carboxylic acids is 1. The number of amides is 2. The minimum absolute atomic E-state index is 0.286. The minimum Gasteiger partial charge on any atom is -0.480 e. The molecule has 0 bridgehead atoms. The van der Waals surface area contributed by atoms with Crippen LogP contribution in [0, 0.1) is 0 Å². The Morgan fingerprint density at radius 1 is 1.24 bits per heavy atom. The van der Waals surface area contributed by atoms with Gasteiger partial charge in [0.25, 0.3) is 0 Å². The summed E-state index contributed by atoms with van der Waals surface area (Å²) in [5.41, 5.74) is 0.891. The predicted molar refractivity (Wildman–Crippen MR) is 79.2 cm³/mol. The lowest BCUT2D eigenvalue weighted by atomic mass is 10.1. The Hall–Kier alpha value is -2.08. The number of carbonyl (C=O) groups is 2. The Morgan fingerprint density at radius 3 is 2.71 bits per heavy atom. The van der Waals surface area contributed by atoms with E-state index in [0.717, 1.165) is 25.1 Å². The number of nitrogens with zero attached hydrogens (tertiary/aromatic N) is 1. The highest BCUT2D eigenvalue weighted by Crippen LogP contribution is 2.05. The smallest absolute Gasteiger partial charge is 0.326 e. The van der Waals surface area contributed by atoms with Crippen LogP contribution < -0.4 is 10.6 Å².